The van der Waals surface area contributed by atoms with Crippen LogP contribution in [0.2, 0.25) is 0 Å². The molecule has 3 aromatic rings. The van der Waals surface area contributed by atoms with Gasteiger partial charge in [-0.05, 0) is 31.7 Å². The van der Waals surface area contributed by atoms with E-state index in [9.17, 15) is 4.79 Å². The first-order valence-corrected chi connectivity index (χ1v) is 8.43. The number of aliphatic hydroxyl groups excluding tert-OH is 1. The van der Waals surface area contributed by atoms with Crippen molar-refractivity contribution >= 4 is 27.6 Å². The monoisotopic (exact) mass is 654 g/mol. The first kappa shape index (κ1) is 40.0. The molecule has 0 unspecified atom stereocenters. The summed E-state index contributed by atoms with van der Waals surface area (Å²) in [5.41, 5.74) is 0.520. The molecule has 1 aromatic heterocycles. The zero-order chi connectivity index (χ0) is 21.7. The Morgan fingerprint density at radius 1 is 1.03 bits per heavy atom. The normalized spacial score (nSPS) is 8.53. The van der Waals surface area contributed by atoms with E-state index in [-0.39, 0.29) is 45.8 Å². The number of halogens is 1. The molecule has 0 aliphatic rings. The van der Waals surface area contributed by atoms with Crippen LogP contribution >= 0.6 is 0 Å². The second kappa shape index (κ2) is 20.5. The summed E-state index contributed by atoms with van der Waals surface area (Å²) in [4.78, 5) is 23.0. The van der Waals surface area contributed by atoms with Crippen molar-refractivity contribution in [1.29, 1.82) is 0 Å². The number of aromatic nitrogens is 1. The molecule has 0 radical (unpaired) electrons. The maximum atomic E-state index is 10.3. The van der Waals surface area contributed by atoms with Gasteiger partial charge in [0.2, 0.25) is 0 Å². The fourth-order valence-electron chi connectivity index (χ4n) is 1.96. The summed E-state index contributed by atoms with van der Waals surface area (Å²) >= 11 is 0. The molecular formula is C20H32ClN4O6Pt+3. The Labute approximate surface area is 208 Å². The van der Waals surface area contributed by atoms with Gasteiger partial charge in [-0.2, -0.15) is 0 Å². The van der Waals surface area contributed by atoms with Crippen LogP contribution < -0.4 is 24.7 Å². The van der Waals surface area contributed by atoms with E-state index in [0.717, 1.165) is 12.6 Å². The van der Waals surface area contributed by atoms with Gasteiger partial charge >= 0.3 is 27.0 Å². The standard InChI is InChI=1S/C13H9N.C6H12O2.CH4O.ClH.HNO3.2H3N.Pt/c1-2-6-11-10(5-1)9-14-13-8-4-3-7-12(11)13;1-4-6(2,3)5(7)8;1-2;;2-1(3)4;;;/h1-9H;4H2,1-3H3,(H,7,8);2H,1H3;1H;(H,2,3,4);2*1H3;/q;;;;;;;+4/p-1. The van der Waals surface area contributed by atoms with Crippen molar-refractivity contribution in [3.05, 3.63) is 64.8 Å². The van der Waals surface area contributed by atoms with Crippen molar-refractivity contribution in [2.45, 2.75) is 27.2 Å². The van der Waals surface area contributed by atoms with E-state index < -0.39 is 16.5 Å². The number of aliphatic carboxylic acids is 1. The first-order chi connectivity index (χ1) is 13.2. The van der Waals surface area contributed by atoms with E-state index in [0.29, 0.717) is 6.42 Å². The number of carbonyl (C=O) groups is 1. The van der Waals surface area contributed by atoms with Crippen LogP contribution in [0.15, 0.2) is 54.7 Å². The SMILES string of the molecule is CCC(C)(C)C(=O)O.CO.N.N.O=[N+]([O-])O.[Cl-].[Pt+4].c1ccc2c(c1)cnc1ccccc12. The van der Waals surface area contributed by atoms with Gasteiger partial charge in [0.25, 0.3) is 5.09 Å². The Bertz CT molecular complexity index is 857. The smallest absolute Gasteiger partial charge is 1.00 e. The van der Waals surface area contributed by atoms with Crippen LogP contribution in [-0.2, 0) is 25.9 Å². The number of nitrogens with zero attached hydrogens (tertiary/aromatic N) is 2. The van der Waals surface area contributed by atoms with E-state index >= 15 is 0 Å². The van der Waals surface area contributed by atoms with Gasteiger partial charge in [0, 0.05) is 24.1 Å². The van der Waals surface area contributed by atoms with Crippen molar-refractivity contribution in [3.63, 3.8) is 0 Å². The van der Waals surface area contributed by atoms with Gasteiger partial charge < -0.3 is 40.1 Å². The summed E-state index contributed by atoms with van der Waals surface area (Å²) in [7, 11) is 1.00. The molecule has 10 nitrogen and oxygen atoms in total. The summed E-state index contributed by atoms with van der Waals surface area (Å²) in [6.07, 6.45) is 2.61. The number of carboxylic acids is 1. The molecule has 0 aliphatic carbocycles. The van der Waals surface area contributed by atoms with E-state index in [1.54, 1.807) is 13.8 Å². The Kier molecular flexibility index (Phi) is 25.7. The number of pyridine rings is 1. The number of hydrogen-bond acceptors (Lipinski definition) is 7. The predicted octanol–water partition coefficient (Wildman–Crippen LogP) is 1.48. The number of para-hydroxylation sites is 1. The number of benzene rings is 2. The molecule has 0 bridgehead atoms. The van der Waals surface area contributed by atoms with Crippen molar-refractivity contribution in [2.75, 3.05) is 7.11 Å². The van der Waals surface area contributed by atoms with Crippen LogP contribution in [0.25, 0.3) is 21.7 Å². The van der Waals surface area contributed by atoms with Crippen LogP contribution in [0.3, 0.4) is 0 Å². The van der Waals surface area contributed by atoms with Crippen LogP contribution in [0.4, 0.5) is 0 Å². The van der Waals surface area contributed by atoms with Crippen LogP contribution in [0.1, 0.15) is 27.2 Å². The third-order valence-electron chi connectivity index (χ3n) is 3.96. The number of carboxylic acid groups (broad SMARTS) is 1. The van der Waals surface area contributed by atoms with Gasteiger partial charge in [0.1, 0.15) is 0 Å². The topological polar surface area (TPSA) is 204 Å². The maximum Gasteiger partial charge on any atom is 4.00 e. The molecular weight excluding hydrogens is 623 g/mol. The Balaban J connectivity index is -0.000000119. The van der Waals surface area contributed by atoms with Gasteiger partial charge in [-0.1, -0.05) is 49.4 Å². The molecule has 2 aromatic carbocycles. The maximum absolute atomic E-state index is 10.3. The average Bonchev–Trinajstić information content (AvgIpc) is 2.69. The third kappa shape index (κ3) is 13.8. The molecule has 9 N–H and O–H groups in total. The number of rotatable bonds is 2. The summed E-state index contributed by atoms with van der Waals surface area (Å²) in [6.45, 7) is 5.30. The molecule has 0 saturated heterocycles. The van der Waals surface area contributed by atoms with Gasteiger partial charge in [-0.15, -0.1) is 10.1 Å². The fraction of sp³-hybridized carbons (Fsp3) is 0.300. The predicted molar refractivity (Wildman–Crippen MR) is 118 cm³/mol. The third-order valence-corrected chi connectivity index (χ3v) is 3.96. The Morgan fingerprint density at radius 2 is 1.44 bits per heavy atom. The quantitative estimate of drug-likeness (QED) is 0.154. The molecule has 0 amide bonds. The van der Waals surface area contributed by atoms with Crippen molar-refractivity contribution in [3.8, 4) is 0 Å². The number of fused-ring (bicyclic) bond motifs is 3. The van der Waals surface area contributed by atoms with Crippen molar-refractivity contribution < 1.29 is 58.8 Å². The van der Waals surface area contributed by atoms with Crippen molar-refractivity contribution in [1.82, 2.24) is 17.3 Å². The van der Waals surface area contributed by atoms with Crippen LogP contribution in [0, 0.1) is 15.5 Å². The van der Waals surface area contributed by atoms with Gasteiger partial charge in [-0.3, -0.25) is 9.78 Å². The Hall–Kier alpha value is -2.36. The number of hydrogen-bond donors (Lipinski definition) is 5. The molecule has 182 valence electrons. The molecule has 0 aliphatic heterocycles. The van der Waals surface area contributed by atoms with Gasteiger partial charge in [-0.25, -0.2) is 0 Å². The van der Waals surface area contributed by atoms with E-state index in [2.05, 4.69) is 35.3 Å². The zero-order valence-corrected chi connectivity index (χ0v) is 21.5. The van der Waals surface area contributed by atoms with E-state index in [1.165, 1.54) is 16.2 Å². The second-order valence-electron chi connectivity index (χ2n) is 6.14. The number of aliphatic hydroxyl groups is 1. The minimum absolute atomic E-state index is 0. The molecule has 1 heterocycles. The summed E-state index contributed by atoms with van der Waals surface area (Å²) in [5.74, 6) is -0.722. The molecule has 0 atom stereocenters. The summed E-state index contributed by atoms with van der Waals surface area (Å²) < 4.78 is 0. The molecule has 0 fully saturated rings. The Morgan fingerprint density at radius 3 is 1.84 bits per heavy atom. The molecule has 0 saturated carbocycles. The average molecular weight is 655 g/mol. The van der Waals surface area contributed by atoms with Gasteiger partial charge in [0.15, 0.2) is 0 Å². The zero-order valence-electron chi connectivity index (χ0n) is 18.5. The van der Waals surface area contributed by atoms with Crippen molar-refractivity contribution in [2.24, 2.45) is 5.41 Å². The molecule has 12 heteroatoms. The van der Waals surface area contributed by atoms with E-state index in [4.69, 9.17) is 25.5 Å². The van der Waals surface area contributed by atoms with Gasteiger partial charge in [0.05, 0.1) is 10.9 Å². The molecule has 32 heavy (non-hydrogen) atoms. The minimum atomic E-state index is -1.50. The van der Waals surface area contributed by atoms with Crippen LogP contribution in [-0.4, -0.2) is 38.6 Å². The largest absolute Gasteiger partial charge is 4.00 e. The molecule has 3 rings (SSSR count). The minimum Gasteiger partial charge on any atom is -1.00 e. The molecule has 0 spiro atoms. The summed E-state index contributed by atoms with van der Waals surface area (Å²) in [5, 5.41) is 32.8. The first-order valence-electron chi connectivity index (χ1n) is 8.43. The summed E-state index contributed by atoms with van der Waals surface area (Å²) in [6, 6.07) is 16.6. The second-order valence-corrected chi connectivity index (χ2v) is 6.14. The van der Waals surface area contributed by atoms with Crippen LogP contribution in [0.5, 0.6) is 0 Å². The fourth-order valence-corrected chi connectivity index (χ4v) is 1.96. The van der Waals surface area contributed by atoms with E-state index in [1.807, 2.05) is 31.3 Å².